The van der Waals surface area contributed by atoms with Gasteiger partial charge in [0.05, 0.1) is 6.61 Å². The molecule has 2 amide bonds. The molecule has 0 aliphatic carbocycles. The Morgan fingerprint density at radius 1 is 1.63 bits per heavy atom. The van der Waals surface area contributed by atoms with Crippen molar-refractivity contribution in [2.75, 3.05) is 13.2 Å². The Morgan fingerprint density at radius 3 is 3.11 bits per heavy atom. The number of amides is 2. The molecule has 106 valence electrons. The van der Waals surface area contributed by atoms with Crippen molar-refractivity contribution in [3.8, 4) is 0 Å². The highest BCUT2D eigenvalue weighted by atomic mass is 16.5. The molecule has 1 aliphatic heterocycles. The summed E-state index contributed by atoms with van der Waals surface area (Å²) in [5.41, 5.74) is 5.17. The van der Waals surface area contributed by atoms with Crippen molar-refractivity contribution in [1.82, 2.24) is 15.5 Å². The van der Waals surface area contributed by atoms with Gasteiger partial charge in [0.2, 0.25) is 5.89 Å². The number of primary amides is 1. The third kappa shape index (κ3) is 3.66. The van der Waals surface area contributed by atoms with Crippen LogP contribution in [0.2, 0.25) is 0 Å². The van der Waals surface area contributed by atoms with Gasteiger partial charge in [0.25, 0.3) is 0 Å². The number of nitrogens with two attached hydrogens (primary N) is 1. The van der Waals surface area contributed by atoms with Crippen LogP contribution in [-0.2, 0) is 4.74 Å². The molecule has 1 aromatic heterocycles. The van der Waals surface area contributed by atoms with Gasteiger partial charge in [0.1, 0.15) is 6.04 Å². The number of urea groups is 1. The SMILES string of the molecule is CCCC[C@@H](NC(N)=O)c1nc([C@H]2CCOC2)no1. The van der Waals surface area contributed by atoms with E-state index >= 15 is 0 Å². The number of hydrogen-bond donors (Lipinski definition) is 2. The predicted octanol–water partition coefficient (Wildman–Crippen LogP) is 1.47. The molecule has 2 atom stereocenters. The second-order valence-corrected chi connectivity index (χ2v) is 4.75. The molecule has 3 N–H and O–H groups in total. The minimum atomic E-state index is -0.579. The number of carbonyl (C=O) groups excluding carboxylic acids is 1. The zero-order chi connectivity index (χ0) is 13.7. The molecule has 0 saturated carbocycles. The predicted molar refractivity (Wildman–Crippen MR) is 67.5 cm³/mol. The first kappa shape index (κ1) is 13.8. The lowest BCUT2D eigenvalue weighted by atomic mass is 10.1. The van der Waals surface area contributed by atoms with Gasteiger partial charge >= 0.3 is 6.03 Å². The van der Waals surface area contributed by atoms with Gasteiger partial charge in [-0.1, -0.05) is 24.9 Å². The Hall–Kier alpha value is -1.63. The van der Waals surface area contributed by atoms with E-state index in [9.17, 15) is 4.79 Å². The van der Waals surface area contributed by atoms with Crippen LogP contribution in [0, 0.1) is 0 Å². The van der Waals surface area contributed by atoms with Crippen molar-refractivity contribution < 1.29 is 14.1 Å². The average molecular weight is 268 g/mol. The van der Waals surface area contributed by atoms with Crippen molar-refractivity contribution in [2.24, 2.45) is 5.73 Å². The van der Waals surface area contributed by atoms with Crippen LogP contribution in [-0.4, -0.2) is 29.4 Å². The molecule has 19 heavy (non-hydrogen) atoms. The summed E-state index contributed by atoms with van der Waals surface area (Å²) in [4.78, 5) is 15.4. The van der Waals surface area contributed by atoms with E-state index in [1.54, 1.807) is 0 Å². The molecule has 0 radical (unpaired) electrons. The fraction of sp³-hybridized carbons (Fsp3) is 0.750. The molecule has 7 heteroatoms. The lowest BCUT2D eigenvalue weighted by Crippen LogP contribution is -2.33. The van der Waals surface area contributed by atoms with Gasteiger partial charge in [-0.2, -0.15) is 4.98 Å². The quantitative estimate of drug-likeness (QED) is 0.813. The number of nitrogens with zero attached hydrogens (tertiary/aromatic N) is 2. The number of carbonyl (C=O) groups is 1. The molecular weight excluding hydrogens is 248 g/mol. The van der Waals surface area contributed by atoms with Gasteiger partial charge < -0.3 is 20.3 Å². The van der Waals surface area contributed by atoms with Crippen molar-refractivity contribution >= 4 is 6.03 Å². The zero-order valence-corrected chi connectivity index (χ0v) is 11.1. The van der Waals surface area contributed by atoms with E-state index in [0.717, 1.165) is 32.3 Å². The van der Waals surface area contributed by atoms with Crippen LogP contribution in [0.15, 0.2) is 4.52 Å². The molecule has 0 spiro atoms. The summed E-state index contributed by atoms with van der Waals surface area (Å²) in [6, 6.07) is -0.883. The number of rotatable bonds is 6. The highest BCUT2D eigenvalue weighted by Crippen LogP contribution is 2.25. The zero-order valence-electron chi connectivity index (χ0n) is 11.1. The normalized spacial score (nSPS) is 20.4. The summed E-state index contributed by atoms with van der Waals surface area (Å²) in [7, 11) is 0. The van der Waals surface area contributed by atoms with Gasteiger partial charge in [0.15, 0.2) is 5.82 Å². The Kier molecular flexibility index (Phi) is 4.73. The molecular formula is C12H20N4O3. The minimum absolute atomic E-state index is 0.193. The number of unbranched alkanes of at least 4 members (excludes halogenated alkanes) is 1. The number of hydrogen-bond acceptors (Lipinski definition) is 5. The van der Waals surface area contributed by atoms with E-state index in [1.165, 1.54) is 0 Å². The van der Waals surface area contributed by atoms with E-state index in [-0.39, 0.29) is 12.0 Å². The summed E-state index contributed by atoms with van der Waals surface area (Å²) in [6.45, 7) is 3.44. The Balaban J connectivity index is 2.05. The third-order valence-electron chi connectivity index (χ3n) is 3.21. The van der Waals surface area contributed by atoms with Crippen LogP contribution in [0.1, 0.15) is 56.3 Å². The molecule has 1 aliphatic rings. The first-order valence-corrected chi connectivity index (χ1v) is 6.68. The van der Waals surface area contributed by atoms with E-state index in [1.807, 2.05) is 0 Å². The Morgan fingerprint density at radius 2 is 2.47 bits per heavy atom. The van der Waals surface area contributed by atoms with Crippen molar-refractivity contribution in [2.45, 2.75) is 44.6 Å². The van der Waals surface area contributed by atoms with Gasteiger partial charge in [-0.3, -0.25) is 0 Å². The second-order valence-electron chi connectivity index (χ2n) is 4.75. The van der Waals surface area contributed by atoms with E-state index in [0.29, 0.717) is 18.3 Å². The van der Waals surface area contributed by atoms with Gasteiger partial charge in [0, 0.05) is 12.5 Å². The third-order valence-corrected chi connectivity index (χ3v) is 3.21. The molecule has 2 rings (SSSR count). The van der Waals surface area contributed by atoms with Crippen molar-refractivity contribution in [3.63, 3.8) is 0 Å². The average Bonchev–Trinajstić information content (AvgIpc) is 3.03. The molecule has 0 bridgehead atoms. The first-order chi connectivity index (χ1) is 9.20. The molecule has 1 aromatic rings. The highest BCUT2D eigenvalue weighted by Gasteiger charge is 2.26. The molecule has 0 aromatic carbocycles. The van der Waals surface area contributed by atoms with Crippen LogP contribution < -0.4 is 11.1 Å². The van der Waals surface area contributed by atoms with Crippen molar-refractivity contribution in [3.05, 3.63) is 11.7 Å². The summed E-state index contributed by atoms with van der Waals surface area (Å²) in [6.07, 6.45) is 3.62. The van der Waals surface area contributed by atoms with Crippen LogP contribution in [0.4, 0.5) is 4.79 Å². The topological polar surface area (TPSA) is 103 Å². The van der Waals surface area contributed by atoms with Crippen LogP contribution in [0.25, 0.3) is 0 Å². The van der Waals surface area contributed by atoms with Gasteiger partial charge in [-0.05, 0) is 12.8 Å². The number of nitrogens with one attached hydrogen (secondary N) is 1. The fourth-order valence-corrected chi connectivity index (χ4v) is 2.13. The molecule has 0 unspecified atom stereocenters. The number of ether oxygens (including phenoxy) is 1. The minimum Gasteiger partial charge on any atom is -0.381 e. The first-order valence-electron chi connectivity index (χ1n) is 6.68. The van der Waals surface area contributed by atoms with Crippen molar-refractivity contribution in [1.29, 1.82) is 0 Å². The summed E-state index contributed by atoms with van der Waals surface area (Å²) >= 11 is 0. The molecule has 1 fully saturated rings. The van der Waals surface area contributed by atoms with E-state index in [2.05, 4.69) is 22.4 Å². The number of aromatic nitrogens is 2. The highest BCUT2D eigenvalue weighted by molar-refractivity contribution is 5.72. The van der Waals surface area contributed by atoms with Gasteiger partial charge in [-0.25, -0.2) is 4.79 Å². The summed E-state index contributed by atoms with van der Waals surface area (Å²) in [5.74, 6) is 1.27. The fourth-order valence-electron chi connectivity index (χ4n) is 2.13. The Bertz CT molecular complexity index is 415. The lowest BCUT2D eigenvalue weighted by Gasteiger charge is -2.12. The largest absolute Gasteiger partial charge is 0.381 e. The molecule has 1 saturated heterocycles. The summed E-state index contributed by atoms with van der Waals surface area (Å²) in [5, 5.41) is 6.62. The maximum Gasteiger partial charge on any atom is 0.312 e. The van der Waals surface area contributed by atoms with E-state index < -0.39 is 6.03 Å². The van der Waals surface area contributed by atoms with Gasteiger partial charge in [-0.15, -0.1) is 0 Å². The second kappa shape index (κ2) is 6.51. The maximum atomic E-state index is 11.0. The molecule has 7 nitrogen and oxygen atoms in total. The lowest BCUT2D eigenvalue weighted by molar-refractivity contribution is 0.192. The van der Waals surface area contributed by atoms with Crippen LogP contribution in [0.5, 0.6) is 0 Å². The van der Waals surface area contributed by atoms with Crippen LogP contribution >= 0.6 is 0 Å². The van der Waals surface area contributed by atoms with E-state index in [4.69, 9.17) is 15.0 Å². The van der Waals surface area contributed by atoms with Crippen LogP contribution in [0.3, 0.4) is 0 Å². The Labute approximate surface area is 111 Å². The molecule has 2 heterocycles. The smallest absolute Gasteiger partial charge is 0.312 e. The standard InChI is InChI=1S/C12H20N4O3/c1-2-3-4-9(14-12(13)17)11-15-10(16-19-11)8-5-6-18-7-8/h8-9H,2-7H2,1H3,(H3,13,14,17)/t8-,9+/m0/s1. The maximum absolute atomic E-state index is 11.0. The monoisotopic (exact) mass is 268 g/mol. The summed E-state index contributed by atoms with van der Waals surface area (Å²) < 4.78 is 10.5.